The number of nitrogens with one attached hydrogen (secondary N) is 4. The van der Waals surface area contributed by atoms with E-state index in [1.807, 2.05) is 32.9 Å². The van der Waals surface area contributed by atoms with Crippen LogP contribution in [0.4, 0.5) is 5.69 Å². The molecule has 0 bridgehead atoms. The molecule has 2 aromatic carbocycles. The number of rotatable bonds is 7. The monoisotopic (exact) mass is 546 g/mol. The maximum atomic E-state index is 12.3. The van der Waals surface area contributed by atoms with Gasteiger partial charge in [0.2, 0.25) is 5.91 Å². The van der Waals surface area contributed by atoms with E-state index in [0.717, 1.165) is 28.4 Å². The number of carbonyl (C=O) groups excluding carboxylic acids is 3. The lowest BCUT2D eigenvalue weighted by Gasteiger charge is -2.16. The molecule has 0 aliphatic heterocycles. The predicted octanol–water partition coefficient (Wildman–Crippen LogP) is 3.94. The van der Waals surface area contributed by atoms with Gasteiger partial charge in [0, 0.05) is 21.6 Å². The first-order valence-corrected chi connectivity index (χ1v) is 12.1. The zero-order valence-corrected chi connectivity index (χ0v) is 21.6. The molecule has 0 spiro atoms. The standard InChI is InChI=1S/C24H27BrN4O4S/c1-13(2)18-11-19(25)14(3)10-20(18)33-12-21(30)27-24(34)29-28-23(32)16-6-8-17(9-7-16)26-22(31)15-4-5-15/h6-11,13,15H,4-5,12H2,1-3H3,(H,26,31)(H,28,32)(H2,27,29,30,34). The van der Waals surface area contributed by atoms with Gasteiger partial charge in [-0.3, -0.25) is 30.6 Å². The lowest BCUT2D eigenvalue weighted by atomic mass is 10.0. The lowest BCUT2D eigenvalue weighted by molar-refractivity contribution is -0.121. The normalized spacial score (nSPS) is 12.6. The van der Waals surface area contributed by atoms with Crippen LogP contribution in [0.3, 0.4) is 0 Å². The molecule has 3 amide bonds. The molecule has 0 aromatic heterocycles. The Balaban J connectivity index is 1.44. The van der Waals surface area contributed by atoms with E-state index in [1.54, 1.807) is 24.3 Å². The fourth-order valence-electron chi connectivity index (χ4n) is 3.06. The van der Waals surface area contributed by atoms with Crippen LogP contribution in [0.5, 0.6) is 5.75 Å². The summed E-state index contributed by atoms with van der Waals surface area (Å²) in [5.74, 6) is 0.0496. The number of hydrogen-bond donors (Lipinski definition) is 4. The van der Waals surface area contributed by atoms with Gasteiger partial charge >= 0.3 is 0 Å². The third kappa shape index (κ3) is 7.26. The van der Waals surface area contributed by atoms with Gasteiger partial charge in [-0.2, -0.15) is 0 Å². The first-order valence-electron chi connectivity index (χ1n) is 10.9. The van der Waals surface area contributed by atoms with Crippen LogP contribution in [-0.2, 0) is 9.59 Å². The van der Waals surface area contributed by atoms with E-state index in [1.165, 1.54) is 0 Å². The number of benzene rings is 2. The molecule has 3 rings (SSSR count). The van der Waals surface area contributed by atoms with Gasteiger partial charge in [-0.05, 0) is 85.4 Å². The summed E-state index contributed by atoms with van der Waals surface area (Å²) in [5.41, 5.74) is 7.89. The summed E-state index contributed by atoms with van der Waals surface area (Å²) >= 11 is 8.58. The first kappa shape index (κ1) is 25.6. The second-order valence-corrected chi connectivity index (χ2v) is 9.64. The van der Waals surface area contributed by atoms with Gasteiger partial charge in [-0.15, -0.1) is 0 Å². The second kappa shape index (κ2) is 11.4. The van der Waals surface area contributed by atoms with E-state index >= 15 is 0 Å². The van der Waals surface area contributed by atoms with Crippen molar-refractivity contribution in [2.75, 3.05) is 11.9 Å². The number of carbonyl (C=O) groups is 3. The van der Waals surface area contributed by atoms with Crippen molar-refractivity contribution in [1.29, 1.82) is 0 Å². The van der Waals surface area contributed by atoms with Crippen LogP contribution >= 0.6 is 28.1 Å². The molecule has 1 saturated carbocycles. The van der Waals surface area contributed by atoms with Crippen LogP contribution in [0.25, 0.3) is 0 Å². The molecule has 8 nitrogen and oxygen atoms in total. The molecule has 2 aromatic rings. The Hall–Kier alpha value is -2.98. The maximum Gasteiger partial charge on any atom is 0.269 e. The van der Waals surface area contributed by atoms with Crippen molar-refractivity contribution in [3.05, 3.63) is 57.6 Å². The molecular formula is C24H27BrN4O4S. The van der Waals surface area contributed by atoms with E-state index in [2.05, 4.69) is 37.4 Å². The Labute approximate surface area is 212 Å². The Morgan fingerprint density at radius 3 is 2.41 bits per heavy atom. The zero-order chi connectivity index (χ0) is 24.8. The highest BCUT2D eigenvalue weighted by atomic mass is 79.9. The van der Waals surface area contributed by atoms with Crippen molar-refractivity contribution in [3.8, 4) is 5.75 Å². The smallest absolute Gasteiger partial charge is 0.269 e. The molecule has 1 aliphatic rings. The summed E-state index contributed by atoms with van der Waals surface area (Å²) in [5, 5.41) is 5.21. The average Bonchev–Trinajstić information content (AvgIpc) is 3.64. The molecule has 0 atom stereocenters. The third-order valence-electron chi connectivity index (χ3n) is 5.18. The maximum absolute atomic E-state index is 12.3. The average molecular weight is 547 g/mol. The molecule has 0 radical (unpaired) electrons. The summed E-state index contributed by atoms with van der Waals surface area (Å²) in [6, 6.07) is 10.3. The number of ether oxygens (including phenoxy) is 1. The third-order valence-corrected chi connectivity index (χ3v) is 6.24. The summed E-state index contributed by atoms with van der Waals surface area (Å²) in [7, 11) is 0. The highest BCUT2D eigenvalue weighted by Crippen LogP contribution is 2.32. The topological polar surface area (TPSA) is 109 Å². The van der Waals surface area contributed by atoms with Crippen molar-refractivity contribution in [2.45, 2.75) is 39.5 Å². The fraction of sp³-hybridized carbons (Fsp3) is 0.333. The summed E-state index contributed by atoms with van der Waals surface area (Å²) < 4.78 is 6.69. The van der Waals surface area contributed by atoms with Crippen LogP contribution in [0.2, 0.25) is 0 Å². The largest absolute Gasteiger partial charge is 0.483 e. The number of anilines is 1. The second-order valence-electron chi connectivity index (χ2n) is 8.38. The number of hydrazine groups is 1. The first-order chi connectivity index (χ1) is 16.1. The number of aryl methyl sites for hydroxylation is 1. The van der Waals surface area contributed by atoms with Gasteiger partial charge in [0.15, 0.2) is 11.7 Å². The van der Waals surface area contributed by atoms with Crippen molar-refractivity contribution in [3.63, 3.8) is 0 Å². The van der Waals surface area contributed by atoms with E-state index < -0.39 is 11.8 Å². The molecule has 0 unspecified atom stereocenters. The summed E-state index contributed by atoms with van der Waals surface area (Å²) in [6.45, 7) is 5.80. The van der Waals surface area contributed by atoms with Crippen LogP contribution in [-0.4, -0.2) is 29.4 Å². The van der Waals surface area contributed by atoms with Gasteiger partial charge < -0.3 is 10.1 Å². The highest BCUT2D eigenvalue weighted by molar-refractivity contribution is 9.10. The van der Waals surface area contributed by atoms with E-state index in [0.29, 0.717) is 17.0 Å². The van der Waals surface area contributed by atoms with Crippen molar-refractivity contribution in [2.24, 2.45) is 5.92 Å². The van der Waals surface area contributed by atoms with E-state index in [-0.39, 0.29) is 29.5 Å². The molecule has 0 heterocycles. The molecule has 1 fully saturated rings. The van der Waals surface area contributed by atoms with Crippen LogP contribution in [0, 0.1) is 12.8 Å². The molecule has 0 saturated heterocycles. The number of halogens is 1. The molecule has 180 valence electrons. The van der Waals surface area contributed by atoms with Gasteiger partial charge in [0.1, 0.15) is 5.75 Å². The Morgan fingerprint density at radius 1 is 1.12 bits per heavy atom. The van der Waals surface area contributed by atoms with Crippen molar-refractivity contribution >= 4 is 56.7 Å². The van der Waals surface area contributed by atoms with Crippen LogP contribution in [0.15, 0.2) is 40.9 Å². The lowest BCUT2D eigenvalue weighted by Crippen LogP contribution is -2.49. The molecule has 4 N–H and O–H groups in total. The Morgan fingerprint density at radius 2 is 1.79 bits per heavy atom. The summed E-state index contributed by atoms with van der Waals surface area (Å²) in [4.78, 5) is 36.3. The van der Waals surface area contributed by atoms with Crippen LogP contribution < -0.4 is 26.2 Å². The number of thiocarbonyl (C=S) groups is 1. The zero-order valence-electron chi connectivity index (χ0n) is 19.2. The van der Waals surface area contributed by atoms with Gasteiger partial charge in [0.05, 0.1) is 0 Å². The number of amides is 3. The molecule has 10 heteroatoms. The minimum Gasteiger partial charge on any atom is -0.483 e. The Bertz CT molecular complexity index is 1100. The molecule has 34 heavy (non-hydrogen) atoms. The minimum absolute atomic E-state index is 0.000336. The van der Waals surface area contributed by atoms with Gasteiger partial charge in [0.25, 0.3) is 11.8 Å². The highest BCUT2D eigenvalue weighted by Gasteiger charge is 2.29. The SMILES string of the molecule is Cc1cc(OCC(=O)NC(=S)NNC(=O)c2ccc(NC(=O)C3CC3)cc2)c(C(C)C)cc1Br. The van der Waals surface area contributed by atoms with Gasteiger partial charge in [-0.1, -0.05) is 29.8 Å². The minimum atomic E-state index is -0.460. The fourth-order valence-corrected chi connectivity index (χ4v) is 3.59. The summed E-state index contributed by atoms with van der Waals surface area (Å²) in [6.07, 6.45) is 1.84. The number of hydrogen-bond acceptors (Lipinski definition) is 5. The predicted molar refractivity (Wildman–Crippen MR) is 138 cm³/mol. The van der Waals surface area contributed by atoms with Gasteiger partial charge in [-0.25, -0.2) is 0 Å². The van der Waals surface area contributed by atoms with Crippen molar-refractivity contribution < 1.29 is 19.1 Å². The van der Waals surface area contributed by atoms with Crippen molar-refractivity contribution in [1.82, 2.24) is 16.2 Å². The van der Waals surface area contributed by atoms with Crippen LogP contribution in [0.1, 0.15) is 54.1 Å². The molecular weight excluding hydrogens is 520 g/mol. The van der Waals surface area contributed by atoms with E-state index in [9.17, 15) is 14.4 Å². The van der Waals surface area contributed by atoms with E-state index in [4.69, 9.17) is 17.0 Å². The quantitative estimate of drug-likeness (QED) is 0.309. The molecule has 1 aliphatic carbocycles. The Kier molecular flexibility index (Phi) is 8.62.